The second-order valence-electron chi connectivity index (χ2n) is 4.35. The molecule has 2 nitrogen and oxygen atoms in total. The van der Waals surface area contributed by atoms with E-state index < -0.39 is 0 Å². The van der Waals surface area contributed by atoms with Crippen LogP contribution in [-0.2, 0) is 6.61 Å². The van der Waals surface area contributed by atoms with Gasteiger partial charge in [0.15, 0.2) is 0 Å². The van der Waals surface area contributed by atoms with Crippen molar-refractivity contribution >= 4 is 15.9 Å². The molecule has 2 rings (SSSR count). The van der Waals surface area contributed by atoms with Gasteiger partial charge in [-0.05, 0) is 19.1 Å². The van der Waals surface area contributed by atoms with Gasteiger partial charge in [-0.25, -0.2) is 4.39 Å². The van der Waals surface area contributed by atoms with Crippen molar-refractivity contribution in [1.29, 1.82) is 0 Å². The zero-order chi connectivity index (χ0) is 13.8. The molecular formula is C15H15BrFNO. The Morgan fingerprint density at radius 1 is 1.26 bits per heavy atom. The normalized spacial score (nSPS) is 12.2. The first kappa shape index (κ1) is 14.0. The van der Waals surface area contributed by atoms with Gasteiger partial charge in [-0.2, -0.15) is 0 Å². The lowest BCUT2D eigenvalue weighted by molar-refractivity contribution is 0.299. The Morgan fingerprint density at radius 3 is 2.68 bits per heavy atom. The fraction of sp³-hybridized carbons (Fsp3) is 0.200. The largest absolute Gasteiger partial charge is 0.488 e. The maximum Gasteiger partial charge on any atom is 0.127 e. The van der Waals surface area contributed by atoms with Crippen molar-refractivity contribution in [2.75, 3.05) is 0 Å². The molecule has 0 unspecified atom stereocenters. The van der Waals surface area contributed by atoms with Crippen molar-refractivity contribution in [2.24, 2.45) is 5.73 Å². The molecule has 0 amide bonds. The number of halogens is 2. The lowest BCUT2D eigenvalue weighted by Gasteiger charge is -2.14. The number of nitrogens with two attached hydrogens (primary N) is 1. The van der Waals surface area contributed by atoms with Crippen molar-refractivity contribution in [1.82, 2.24) is 0 Å². The second-order valence-corrected chi connectivity index (χ2v) is 5.21. The van der Waals surface area contributed by atoms with Gasteiger partial charge in [0.2, 0.25) is 0 Å². The van der Waals surface area contributed by atoms with Crippen molar-refractivity contribution < 1.29 is 9.13 Å². The lowest BCUT2D eigenvalue weighted by Crippen LogP contribution is -2.08. The van der Waals surface area contributed by atoms with Crippen LogP contribution in [0.4, 0.5) is 4.39 Å². The standard InChI is InChI=1S/C15H15BrFNO/c1-10(18)13-7-6-12(17)8-15(13)19-9-11-4-2-3-5-14(11)16/h2-8,10H,9,18H2,1H3/t10-/m0/s1. The molecule has 0 bridgehead atoms. The van der Waals surface area contributed by atoms with Gasteiger partial charge in [-0.3, -0.25) is 0 Å². The van der Waals surface area contributed by atoms with E-state index >= 15 is 0 Å². The zero-order valence-electron chi connectivity index (χ0n) is 10.6. The molecule has 19 heavy (non-hydrogen) atoms. The minimum atomic E-state index is -0.327. The third kappa shape index (κ3) is 3.55. The van der Waals surface area contributed by atoms with Crippen LogP contribution in [0, 0.1) is 5.82 Å². The molecule has 2 N–H and O–H groups in total. The summed E-state index contributed by atoms with van der Waals surface area (Å²) in [6, 6.07) is 12.0. The molecule has 0 aliphatic rings. The summed E-state index contributed by atoms with van der Waals surface area (Å²) in [6.45, 7) is 2.21. The molecule has 1 atom stereocenters. The van der Waals surface area contributed by atoms with Crippen LogP contribution in [0.15, 0.2) is 46.9 Å². The van der Waals surface area contributed by atoms with Crippen LogP contribution in [0.25, 0.3) is 0 Å². The van der Waals surface area contributed by atoms with Gasteiger partial charge in [0.1, 0.15) is 18.2 Å². The molecule has 0 aromatic heterocycles. The summed E-state index contributed by atoms with van der Waals surface area (Å²) in [7, 11) is 0. The molecule has 4 heteroatoms. The van der Waals surface area contributed by atoms with Gasteiger partial charge in [-0.15, -0.1) is 0 Å². The molecule has 2 aromatic rings. The van der Waals surface area contributed by atoms with Crippen LogP contribution in [0.5, 0.6) is 5.75 Å². The minimum Gasteiger partial charge on any atom is -0.488 e. The van der Waals surface area contributed by atoms with Gasteiger partial charge >= 0.3 is 0 Å². The highest BCUT2D eigenvalue weighted by molar-refractivity contribution is 9.10. The van der Waals surface area contributed by atoms with E-state index in [1.54, 1.807) is 6.07 Å². The molecular weight excluding hydrogens is 309 g/mol. The Morgan fingerprint density at radius 2 is 2.00 bits per heavy atom. The highest BCUT2D eigenvalue weighted by Crippen LogP contribution is 2.26. The number of hydrogen-bond donors (Lipinski definition) is 1. The molecule has 0 aliphatic heterocycles. The highest BCUT2D eigenvalue weighted by Gasteiger charge is 2.10. The summed E-state index contributed by atoms with van der Waals surface area (Å²) in [5.74, 6) is 0.164. The van der Waals surface area contributed by atoms with Crippen LogP contribution >= 0.6 is 15.9 Å². The van der Waals surface area contributed by atoms with E-state index in [4.69, 9.17) is 10.5 Å². The van der Waals surface area contributed by atoms with E-state index in [0.29, 0.717) is 12.4 Å². The molecule has 2 aromatic carbocycles. The minimum absolute atomic E-state index is 0.199. The molecule has 0 radical (unpaired) electrons. The summed E-state index contributed by atoms with van der Waals surface area (Å²) < 4.78 is 19.9. The van der Waals surface area contributed by atoms with E-state index in [0.717, 1.165) is 15.6 Å². The van der Waals surface area contributed by atoms with Gasteiger partial charge < -0.3 is 10.5 Å². The van der Waals surface area contributed by atoms with Crippen LogP contribution in [0.2, 0.25) is 0 Å². The Hall–Kier alpha value is -1.39. The Labute approximate surface area is 120 Å². The summed E-state index contributed by atoms with van der Waals surface area (Å²) in [5, 5.41) is 0. The number of hydrogen-bond acceptors (Lipinski definition) is 2. The molecule has 0 saturated heterocycles. The Kier molecular flexibility index (Phi) is 4.56. The third-order valence-electron chi connectivity index (χ3n) is 2.81. The van der Waals surface area contributed by atoms with E-state index in [-0.39, 0.29) is 11.9 Å². The quantitative estimate of drug-likeness (QED) is 0.915. The van der Waals surface area contributed by atoms with Gasteiger partial charge in [0, 0.05) is 27.7 Å². The SMILES string of the molecule is C[C@H](N)c1ccc(F)cc1OCc1ccccc1Br. The van der Waals surface area contributed by atoms with Crippen LogP contribution in [0.1, 0.15) is 24.1 Å². The molecule has 0 saturated carbocycles. The van der Waals surface area contributed by atoms with Crippen LogP contribution in [0.3, 0.4) is 0 Å². The Balaban J connectivity index is 2.19. The average molecular weight is 324 g/mol. The fourth-order valence-electron chi connectivity index (χ4n) is 1.78. The van der Waals surface area contributed by atoms with Crippen molar-refractivity contribution in [3.05, 3.63) is 63.9 Å². The topological polar surface area (TPSA) is 35.2 Å². The van der Waals surface area contributed by atoms with Crippen molar-refractivity contribution in [3.8, 4) is 5.75 Å². The monoisotopic (exact) mass is 323 g/mol. The van der Waals surface area contributed by atoms with Gasteiger partial charge in [-0.1, -0.05) is 40.2 Å². The van der Waals surface area contributed by atoms with Crippen LogP contribution < -0.4 is 10.5 Å². The highest BCUT2D eigenvalue weighted by atomic mass is 79.9. The van der Waals surface area contributed by atoms with E-state index in [2.05, 4.69) is 15.9 Å². The molecule has 0 heterocycles. The summed E-state index contributed by atoms with van der Waals surface area (Å²) in [5.41, 5.74) is 7.65. The second kappa shape index (κ2) is 6.17. The summed E-state index contributed by atoms with van der Waals surface area (Å²) in [4.78, 5) is 0. The third-order valence-corrected chi connectivity index (χ3v) is 3.58. The van der Waals surface area contributed by atoms with Crippen molar-refractivity contribution in [3.63, 3.8) is 0 Å². The van der Waals surface area contributed by atoms with Crippen LogP contribution in [-0.4, -0.2) is 0 Å². The molecule has 0 aliphatic carbocycles. The summed E-state index contributed by atoms with van der Waals surface area (Å²) >= 11 is 3.45. The van der Waals surface area contributed by atoms with Gasteiger partial charge in [0.25, 0.3) is 0 Å². The molecule has 0 spiro atoms. The maximum absolute atomic E-state index is 13.3. The van der Waals surface area contributed by atoms with Gasteiger partial charge in [0.05, 0.1) is 0 Å². The van der Waals surface area contributed by atoms with E-state index in [9.17, 15) is 4.39 Å². The van der Waals surface area contributed by atoms with Crippen molar-refractivity contribution in [2.45, 2.75) is 19.6 Å². The smallest absolute Gasteiger partial charge is 0.127 e. The predicted molar refractivity (Wildman–Crippen MR) is 77.5 cm³/mol. The first-order valence-corrected chi connectivity index (χ1v) is 6.78. The Bertz CT molecular complexity index is 572. The number of benzene rings is 2. The number of rotatable bonds is 4. The first-order chi connectivity index (χ1) is 9.08. The fourth-order valence-corrected chi connectivity index (χ4v) is 2.18. The first-order valence-electron chi connectivity index (χ1n) is 5.99. The summed E-state index contributed by atoms with van der Waals surface area (Å²) in [6.07, 6.45) is 0. The lowest BCUT2D eigenvalue weighted by atomic mass is 10.1. The molecule has 100 valence electrons. The maximum atomic E-state index is 13.3. The predicted octanol–water partition coefficient (Wildman–Crippen LogP) is 4.19. The molecule has 0 fully saturated rings. The number of ether oxygens (including phenoxy) is 1. The average Bonchev–Trinajstić information content (AvgIpc) is 2.37. The van der Waals surface area contributed by atoms with E-state index in [1.807, 2.05) is 31.2 Å². The zero-order valence-corrected chi connectivity index (χ0v) is 12.2. The van der Waals surface area contributed by atoms with E-state index in [1.165, 1.54) is 12.1 Å².